The zero-order chi connectivity index (χ0) is 16.3. The monoisotopic (exact) mass is 389 g/mol. The molecule has 0 spiro atoms. The largest absolute Gasteiger partial charge is 0.496 e. The lowest BCUT2D eigenvalue weighted by molar-refractivity contribution is -0.122. The van der Waals surface area contributed by atoms with Crippen molar-refractivity contribution in [2.24, 2.45) is 5.92 Å². The molecular formula is C15H20BrNO4S. The summed E-state index contributed by atoms with van der Waals surface area (Å²) >= 11 is 3.42. The van der Waals surface area contributed by atoms with E-state index >= 15 is 0 Å². The zero-order valence-corrected chi connectivity index (χ0v) is 15.0. The molecule has 7 heteroatoms. The first-order valence-electron chi connectivity index (χ1n) is 7.14. The van der Waals surface area contributed by atoms with Crippen molar-refractivity contribution >= 4 is 31.7 Å². The molecule has 0 aliphatic carbocycles. The molecule has 0 saturated carbocycles. The van der Waals surface area contributed by atoms with E-state index in [4.69, 9.17) is 4.74 Å². The molecule has 1 aromatic rings. The van der Waals surface area contributed by atoms with E-state index in [1.54, 1.807) is 7.11 Å². The van der Waals surface area contributed by atoms with Crippen LogP contribution in [0.5, 0.6) is 5.75 Å². The van der Waals surface area contributed by atoms with Crippen molar-refractivity contribution in [3.05, 3.63) is 28.2 Å². The maximum Gasteiger partial charge on any atom is 0.220 e. The third-order valence-electron chi connectivity index (χ3n) is 3.85. The highest BCUT2D eigenvalue weighted by Crippen LogP contribution is 2.28. The molecule has 5 nitrogen and oxygen atoms in total. The van der Waals surface area contributed by atoms with Gasteiger partial charge in [-0.25, -0.2) is 8.42 Å². The van der Waals surface area contributed by atoms with Gasteiger partial charge >= 0.3 is 0 Å². The Kier molecular flexibility index (Phi) is 5.50. The Balaban J connectivity index is 1.92. The molecule has 0 bridgehead atoms. The van der Waals surface area contributed by atoms with E-state index in [0.29, 0.717) is 6.42 Å². The van der Waals surface area contributed by atoms with E-state index in [1.807, 2.05) is 25.1 Å². The van der Waals surface area contributed by atoms with Crippen LogP contribution in [0.1, 0.15) is 31.4 Å². The highest BCUT2D eigenvalue weighted by Gasteiger charge is 2.29. The Morgan fingerprint density at radius 3 is 2.77 bits per heavy atom. The number of halogens is 1. The number of rotatable bonds is 5. The predicted molar refractivity (Wildman–Crippen MR) is 88.6 cm³/mol. The molecule has 0 aromatic heterocycles. The number of hydrogen-bond donors (Lipinski definition) is 1. The molecule has 1 aliphatic rings. The molecule has 2 rings (SSSR count). The SMILES string of the molecule is COc1ccc(C(C)NC(=O)CC2CCS(=O)(=O)C2)cc1Br. The lowest BCUT2D eigenvalue weighted by atomic mass is 10.0. The van der Waals surface area contributed by atoms with Gasteiger partial charge < -0.3 is 10.1 Å². The molecule has 22 heavy (non-hydrogen) atoms. The second kappa shape index (κ2) is 7.00. The molecule has 1 fully saturated rings. The van der Waals surface area contributed by atoms with Gasteiger partial charge in [-0.1, -0.05) is 6.07 Å². The van der Waals surface area contributed by atoms with Gasteiger partial charge in [-0.15, -0.1) is 0 Å². The molecule has 2 unspecified atom stereocenters. The van der Waals surface area contributed by atoms with Crippen LogP contribution < -0.4 is 10.1 Å². The van der Waals surface area contributed by atoms with Gasteiger partial charge in [-0.3, -0.25) is 4.79 Å². The van der Waals surface area contributed by atoms with Gasteiger partial charge in [0.2, 0.25) is 5.91 Å². The lowest BCUT2D eigenvalue weighted by Gasteiger charge is -2.17. The van der Waals surface area contributed by atoms with Crippen LogP contribution in [-0.4, -0.2) is 32.9 Å². The van der Waals surface area contributed by atoms with Gasteiger partial charge in [-0.2, -0.15) is 0 Å². The highest BCUT2D eigenvalue weighted by molar-refractivity contribution is 9.10. The first kappa shape index (κ1) is 17.3. The molecule has 1 aliphatic heterocycles. The third kappa shape index (κ3) is 4.46. The topological polar surface area (TPSA) is 72.5 Å². The summed E-state index contributed by atoms with van der Waals surface area (Å²) in [7, 11) is -1.34. The molecule has 2 atom stereocenters. The number of sulfone groups is 1. The quantitative estimate of drug-likeness (QED) is 0.839. The van der Waals surface area contributed by atoms with Crippen molar-refractivity contribution in [2.75, 3.05) is 18.6 Å². The fourth-order valence-corrected chi connectivity index (χ4v) is 5.05. The highest BCUT2D eigenvalue weighted by atomic mass is 79.9. The van der Waals surface area contributed by atoms with Crippen molar-refractivity contribution in [1.82, 2.24) is 5.32 Å². The Bertz CT molecular complexity index is 660. The minimum Gasteiger partial charge on any atom is -0.496 e. The number of nitrogens with one attached hydrogen (secondary N) is 1. The molecule has 1 saturated heterocycles. The number of methoxy groups -OCH3 is 1. The molecule has 1 amide bonds. The summed E-state index contributed by atoms with van der Waals surface area (Å²) in [5.74, 6) is 0.897. The van der Waals surface area contributed by atoms with Crippen LogP contribution in [-0.2, 0) is 14.6 Å². The Labute approximate surface area is 139 Å². The summed E-state index contributed by atoms with van der Waals surface area (Å²) in [6.07, 6.45) is 0.846. The maximum atomic E-state index is 12.1. The van der Waals surface area contributed by atoms with Crippen LogP contribution in [0, 0.1) is 5.92 Å². The molecule has 1 N–H and O–H groups in total. The number of ether oxygens (including phenoxy) is 1. The second-order valence-corrected chi connectivity index (χ2v) is 8.74. The molecule has 0 radical (unpaired) electrons. The first-order chi connectivity index (χ1) is 10.3. The van der Waals surface area contributed by atoms with Crippen LogP contribution in [0.25, 0.3) is 0 Å². The van der Waals surface area contributed by atoms with E-state index in [2.05, 4.69) is 21.2 Å². The Morgan fingerprint density at radius 2 is 2.23 bits per heavy atom. The smallest absolute Gasteiger partial charge is 0.220 e. The molecule has 122 valence electrons. The van der Waals surface area contributed by atoms with Gasteiger partial charge in [0.05, 0.1) is 29.1 Å². The van der Waals surface area contributed by atoms with E-state index in [0.717, 1.165) is 15.8 Å². The minimum absolute atomic E-state index is 0.0557. The van der Waals surface area contributed by atoms with Gasteiger partial charge in [0.15, 0.2) is 9.84 Å². The van der Waals surface area contributed by atoms with Crippen molar-refractivity contribution in [2.45, 2.75) is 25.8 Å². The average molecular weight is 390 g/mol. The summed E-state index contributed by atoms with van der Waals surface area (Å²) in [5.41, 5.74) is 0.958. The standard InChI is InChI=1S/C15H20BrNO4S/c1-10(12-3-4-14(21-2)13(16)8-12)17-15(18)7-11-5-6-22(19,20)9-11/h3-4,8,10-11H,5-7,9H2,1-2H3,(H,17,18). The van der Waals surface area contributed by atoms with Gasteiger partial charge in [0.1, 0.15) is 5.75 Å². The van der Waals surface area contributed by atoms with Crippen LogP contribution in [0.2, 0.25) is 0 Å². The number of hydrogen-bond acceptors (Lipinski definition) is 4. The van der Waals surface area contributed by atoms with Crippen LogP contribution >= 0.6 is 15.9 Å². The molecular weight excluding hydrogens is 370 g/mol. The number of benzene rings is 1. The van der Waals surface area contributed by atoms with E-state index in [1.165, 1.54) is 0 Å². The maximum absolute atomic E-state index is 12.1. The minimum atomic E-state index is -2.94. The molecule has 1 heterocycles. The summed E-state index contributed by atoms with van der Waals surface area (Å²) in [6.45, 7) is 1.90. The molecule has 1 aromatic carbocycles. The zero-order valence-electron chi connectivity index (χ0n) is 12.6. The van der Waals surface area contributed by atoms with Gasteiger partial charge in [-0.05, 0) is 52.9 Å². The van der Waals surface area contributed by atoms with E-state index in [-0.39, 0.29) is 35.8 Å². The third-order valence-corrected chi connectivity index (χ3v) is 6.31. The Hall–Kier alpha value is -1.08. The van der Waals surface area contributed by atoms with Gasteiger partial charge in [0.25, 0.3) is 0 Å². The van der Waals surface area contributed by atoms with Crippen molar-refractivity contribution in [3.63, 3.8) is 0 Å². The number of amides is 1. The van der Waals surface area contributed by atoms with Crippen LogP contribution in [0.15, 0.2) is 22.7 Å². The van der Waals surface area contributed by atoms with Crippen molar-refractivity contribution in [3.8, 4) is 5.75 Å². The van der Waals surface area contributed by atoms with E-state index < -0.39 is 9.84 Å². The fourth-order valence-electron chi connectivity index (χ4n) is 2.63. The number of carbonyl (C=O) groups is 1. The van der Waals surface area contributed by atoms with Crippen LogP contribution in [0.3, 0.4) is 0 Å². The lowest BCUT2D eigenvalue weighted by Crippen LogP contribution is -2.28. The average Bonchev–Trinajstić information content (AvgIpc) is 2.77. The predicted octanol–water partition coefficient (Wildman–Crippen LogP) is 2.46. The van der Waals surface area contributed by atoms with Crippen molar-refractivity contribution in [1.29, 1.82) is 0 Å². The summed E-state index contributed by atoms with van der Waals surface area (Å²) in [4.78, 5) is 12.1. The van der Waals surface area contributed by atoms with Crippen molar-refractivity contribution < 1.29 is 17.9 Å². The fraction of sp³-hybridized carbons (Fsp3) is 0.533. The number of carbonyl (C=O) groups excluding carboxylic acids is 1. The van der Waals surface area contributed by atoms with Crippen LogP contribution in [0.4, 0.5) is 0 Å². The first-order valence-corrected chi connectivity index (χ1v) is 9.75. The summed E-state index contributed by atoms with van der Waals surface area (Å²) in [5, 5.41) is 2.92. The Morgan fingerprint density at radius 1 is 1.50 bits per heavy atom. The normalized spacial score (nSPS) is 21.3. The second-order valence-electron chi connectivity index (χ2n) is 5.66. The summed E-state index contributed by atoms with van der Waals surface area (Å²) in [6, 6.07) is 5.50. The van der Waals surface area contributed by atoms with Gasteiger partial charge in [0, 0.05) is 6.42 Å². The van der Waals surface area contributed by atoms with E-state index in [9.17, 15) is 13.2 Å². The summed E-state index contributed by atoms with van der Waals surface area (Å²) < 4.78 is 28.8.